The molecule has 1 aliphatic heterocycles. The van der Waals surface area contributed by atoms with E-state index in [2.05, 4.69) is 10.1 Å². The summed E-state index contributed by atoms with van der Waals surface area (Å²) in [4.78, 5) is 33.9. The summed E-state index contributed by atoms with van der Waals surface area (Å²) in [5.41, 5.74) is 4.10. The number of rotatable bonds is 6. The molecular formula is C29H22Cl2N4O4S. The SMILES string of the molecule is COC(=O)c1sc(-c2ccc(-c3cc4ncccn4n3)cc2)cc1N(C(=O)c1ccc(Cl)cc1Cl)C1CCOC1. The summed E-state index contributed by atoms with van der Waals surface area (Å²) >= 11 is 13.8. The van der Waals surface area contributed by atoms with E-state index in [-0.39, 0.29) is 22.5 Å². The first-order chi connectivity index (χ1) is 19.4. The third-order valence-corrected chi connectivity index (χ3v) is 8.40. The Bertz CT molecular complexity index is 1690. The Hall–Kier alpha value is -3.76. The number of nitrogens with zero attached hydrogens (tertiary/aromatic N) is 4. The van der Waals surface area contributed by atoms with Crippen LogP contribution < -0.4 is 4.90 Å². The van der Waals surface area contributed by atoms with Crippen molar-refractivity contribution < 1.29 is 19.1 Å². The normalized spacial score (nSPS) is 14.9. The van der Waals surface area contributed by atoms with Gasteiger partial charge in [-0.3, -0.25) is 4.79 Å². The van der Waals surface area contributed by atoms with Gasteiger partial charge in [-0.15, -0.1) is 11.3 Å². The highest BCUT2D eigenvalue weighted by molar-refractivity contribution is 7.18. The molecule has 1 amide bonds. The van der Waals surface area contributed by atoms with Crippen LogP contribution in [0.4, 0.5) is 5.69 Å². The van der Waals surface area contributed by atoms with E-state index in [1.54, 1.807) is 27.7 Å². The summed E-state index contributed by atoms with van der Waals surface area (Å²) in [6.45, 7) is 0.846. The average Bonchev–Trinajstić information content (AvgIpc) is 3.73. The minimum atomic E-state index is -0.529. The molecule has 0 aliphatic carbocycles. The van der Waals surface area contributed by atoms with Crippen LogP contribution >= 0.6 is 34.5 Å². The molecule has 0 N–H and O–H groups in total. The summed E-state index contributed by atoms with van der Waals surface area (Å²) in [5, 5.41) is 5.24. The predicted molar refractivity (Wildman–Crippen MR) is 156 cm³/mol. The van der Waals surface area contributed by atoms with Crippen molar-refractivity contribution in [3.05, 3.63) is 93.5 Å². The van der Waals surface area contributed by atoms with Crippen molar-refractivity contribution in [3.8, 4) is 21.7 Å². The molecule has 1 fully saturated rings. The number of halogens is 2. The summed E-state index contributed by atoms with van der Waals surface area (Å²) in [6, 6.07) is 17.9. The fraction of sp³-hybridized carbons (Fsp3) is 0.172. The van der Waals surface area contributed by atoms with Crippen LogP contribution in [0.1, 0.15) is 26.5 Å². The van der Waals surface area contributed by atoms with Gasteiger partial charge in [-0.1, -0.05) is 47.5 Å². The molecule has 1 unspecified atom stereocenters. The zero-order valence-electron chi connectivity index (χ0n) is 21.2. The maximum absolute atomic E-state index is 13.9. The number of benzene rings is 2. The number of methoxy groups -OCH3 is 1. The minimum absolute atomic E-state index is 0.231. The minimum Gasteiger partial charge on any atom is -0.465 e. The first kappa shape index (κ1) is 26.5. The lowest BCUT2D eigenvalue weighted by Gasteiger charge is -2.28. The highest BCUT2D eigenvalue weighted by Crippen LogP contribution is 2.40. The van der Waals surface area contributed by atoms with Crippen molar-refractivity contribution in [3.63, 3.8) is 0 Å². The van der Waals surface area contributed by atoms with Gasteiger partial charge in [0.05, 0.1) is 41.7 Å². The third kappa shape index (κ3) is 4.97. The van der Waals surface area contributed by atoms with Crippen molar-refractivity contribution in [1.82, 2.24) is 14.6 Å². The molecule has 0 saturated carbocycles. The van der Waals surface area contributed by atoms with Crippen LogP contribution in [0.25, 0.3) is 27.3 Å². The fourth-order valence-electron chi connectivity index (χ4n) is 4.71. The highest BCUT2D eigenvalue weighted by Gasteiger charge is 2.35. The van der Waals surface area contributed by atoms with Crippen LogP contribution in [-0.4, -0.2) is 52.8 Å². The molecule has 1 atom stereocenters. The number of aromatic nitrogens is 3. The van der Waals surface area contributed by atoms with Gasteiger partial charge in [0.2, 0.25) is 0 Å². The number of amides is 1. The Labute approximate surface area is 243 Å². The number of ether oxygens (including phenoxy) is 2. The average molecular weight is 593 g/mol. The van der Waals surface area contributed by atoms with Gasteiger partial charge in [0.25, 0.3) is 5.91 Å². The Kier molecular flexibility index (Phi) is 7.29. The molecule has 5 aromatic rings. The Balaban J connectivity index is 1.40. The molecule has 0 bridgehead atoms. The number of hydrogen-bond acceptors (Lipinski definition) is 7. The number of thiophene rings is 1. The monoisotopic (exact) mass is 592 g/mol. The predicted octanol–water partition coefficient (Wildman–Crippen LogP) is 6.65. The maximum Gasteiger partial charge on any atom is 0.350 e. The van der Waals surface area contributed by atoms with Crippen molar-refractivity contribution in [1.29, 1.82) is 0 Å². The molecule has 40 heavy (non-hydrogen) atoms. The van der Waals surface area contributed by atoms with Gasteiger partial charge in [0.1, 0.15) is 4.88 Å². The van der Waals surface area contributed by atoms with Gasteiger partial charge < -0.3 is 14.4 Å². The number of esters is 1. The molecule has 8 nitrogen and oxygen atoms in total. The summed E-state index contributed by atoms with van der Waals surface area (Å²) in [7, 11) is 1.32. The molecule has 0 spiro atoms. The summed E-state index contributed by atoms with van der Waals surface area (Å²) < 4.78 is 12.5. The smallest absolute Gasteiger partial charge is 0.350 e. The van der Waals surface area contributed by atoms with Crippen LogP contribution in [0.5, 0.6) is 0 Å². The van der Waals surface area contributed by atoms with E-state index in [9.17, 15) is 9.59 Å². The second-order valence-corrected chi connectivity index (χ2v) is 11.1. The van der Waals surface area contributed by atoms with E-state index in [0.717, 1.165) is 27.3 Å². The van der Waals surface area contributed by atoms with Crippen LogP contribution in [-0.2, 0) is 9.47 Å². The van der Waals surface area contributed by atoms with Gasteiger partial charge in [-0.2, -0.15) is 5.10 Å². The van der Waals surface area contributed by atoms with E-state index >= 15 is 0 Å². The fourth-order valence-corrected chi connectivity index (χ4v) is 6.27. The molecule has 6 rings (SSSR count). The van der Waals surface area contributed by atoms with E-state index in [4.69, 9.17) is 32.7 Å². The molecule has 2 aromatic carbocycles. The zero-order valence-corrected chi connectivity index (χ0v) is 23.5. The van der Waals surface area contributed by atoms with Crippen LogP contribution in [0.3, 0.4) is 0 Å². The zero-order chi connectivity index (χ0) is 27.8. The Morgan fingerprint density at radius 2 is 1.90 bits per heavy atom. The van der Waals surface area contributed by atoms with Crippen molar-refractivity contribution >= 4 is 57.7 Å². The second kappa shape index (κ2) is 11.0. The second-order valence-electron chi connectivity index (χ2n) is 9.16. The van der Waals surface area contributed by atoms with Gasteiger partial charge >= 0.3 is 5.97 Å². The van der Waals surface area contributed by atoms with E-state index in [1.807, 2.05) is 48.7 Å². The molecule has 1 aliphatic rings. The number of carbonyl (C=O) groups excluding carboxylic acids is 2. The maximum atomic E-state index is 13.9. The van der Waals surface area contributed by atoms with E-state index < -0.39 is 5.97 Å². The molecule has 0 radical (unpaired) electrons. The van der Waals surface area contributed by atoms with E-state index in [1.165, 1.54) is 24.5 Å². The van der Waals surface area contributed by atoms with Crippen molar-refractivity contribution in [2.75, 3.05) is 25.2 Å². The van der Waals surface area contributed by atoms with Crippen LogP contribution in [0.15, 0.2) is 73.1 Å². The number of fused-ring (bicyclic) bond motifs is 1. The Morgan fingerprint density at radius 1 is 1.10 bits per heavy atom. The van der Waals surface area contributed by atoms with Gasteiger partial charge in [-0.25, -0.2) is 14.3 Å². The first-order valence-corrected chi connectivity index (χ1v) is 14.0. The largest absolute Gasteiger partial charge is 0.465 e. The first-order valence-electron chi connectivity index (χ1n) is 12.4. The Morgan fingerprint density at radius 3 is 2.60 bits per heavy atom. The van der Waals surface area contributed by atoms with Gasteiger partial charge in [-0.05, 0) is 42.3 Å². The molecule has 3 aromatic heterocycles. The lowest BCUT2D eigenvalue weighted by Crippen LogP contribution is -2.41. The highest BCUT2D eigenvalue weighted by atomic mass is 35.5. The van der Waals surface area contributed by atoms with Crippen molar-refractivity contribution in [2.45, 2.75) is 12.5 Å². The van der Waals surface area contributed by atoms with Crippen LogP contribution in [0.2, 0.25) is 10.0 Å². The number of carbonyl (C=O) groups is 2. The molecule has 202 valence electrons. The van der Waals surface area contributed by atoms with Crippen LogP contribution in [0, 0.1) is 0 Å². The molecule has 11 heteroatoms. The third-order valence-electron chi connectivity index (χ3n) is 6.70. The molecule has 1 saturated heterocycles. The molecule has 4 heterocycles. The quantitative estimate of drug-likeness (QED) is 0.205. The number of hydrogen-bond donors (Lipinski definition) is 0. The topological polar surface area (TPSA) is 86.0 Å². The number of anilines is 1. The molecular weight excluding hydrogens is 571 g/mol. The summed E-state index contributed by atoms with van der Waals surface area (Å²) in [5.74, 6) is -0.874. The van der Waals surface area contributed by atoms with Gasteiger partial charge in [0.15, 0.2) is 5.65 Å². The lowest BCUT2D eigenvalue weighted by atomic mass is 10.1. The van der Waals surface area contributed by atoms with E-state index in [0.29, 0.717) is 35.2 Å². The lowest BCUT2D eigenvalue weighted by molar-refractivity contribution is 0.0607. The van der Waals surface area contributed by atoms with Crippen molar-refractivity contribution in [2.24, 2.45) is 0 Å². The standard InChI is InChI=1S/C29H22Cl2N4O4S/c1-38-29(37)27-24(35(20-9-12-39-16-20)28(36)21-8-7-19(30)13-22(21)31)15-25(40-27)18-5-3-17(4-6-18)23-14-26-32-10-2-11-34(26)33-23/h2-8,10-11,13-15,20H,9,12,16H2,1H3. The van der Waals surface area contributed by atoms with Gasteiger partial charge in [0, 0.05) is 40.5 Å². The summed E-state index contributed by atoms with van der Waals surface area (Å²) in [6.07, 6.45) is 4.19.